The van der Waals surface area contributed by atoms with Crippen molar-refractivity contribution in [1.82, 2.24) is 14.7 Å². The van der Waals surface area contributed by atoms with Crippen LogP contribution in [-0.2, 0) is 6.54 Å². The molecule has 0 aliphatic heterocycles. The van der Waals surface area contributed by atoms with Crippen molar-refractivity contribution in [2.75, 3.05) is 20.6 Å². The monoisotopic (exact) mass is 297 g/mol. The Kier molecular flexibility index (Phi) is 5.61. The summed E-state index contributed by atoms with van der Waals surface area (Å²) in [6, 6.07) is 0. The Bertz CT molecular complexity index is 450. The molecular weight excluding hydrogens is 274 g/mol. The Balaban J connectivity index is 2.02. The smallest absolute Gasteiger partial charge is 0.182 e. The molecule has 0 bridgehead atoms. The predicted molar refractivity (Wildman–Crippen MR) is 81.3 cm³/mol. The van der Waals surface area contributed by atoms with Gasteiger partial charge in [0.25, 0.3) is 0 Å². The second-order valence-corrected chi connectivity index (χ2v) is 6.41. The van der Waals surface area contributed by atoms with Gasteiger partial charge in [-0.25, -0.2) is 0 Å². The molecule has 1 aliphatic rings. The average Bonchev–Trinajstić information content (AvgIpc) is 2.78. The summed E-state index contributed by atoms with van der Waals surface area (Å²) in [6.07, 6.45) is 8.38. The molecule has 20 heavy (non-hydrogen) atoms. The Morgan fingerprint density at radius 1 is 1.40 bits per heavy atom. The summed E-state index contributed by atoms with van der Waals surface area (Å²) in [6.45, 7) is 1.55. The lowest BCUT2D eigenvalue weighted by Gasteiger charge is -2.21. The number of carbonyl (C=O) groups excluding carboxylic acids is 1. The van der Waals surface area contributed by atoms with Gasteiger partial charge in [-0.3, -0.25) is 9.48 Å². The van der Waals surface area contributed by atoms with Crippen LogP contribution in [0.4, 0.5) is 0 Å². The molecule has 112 valence electrons. The lowest BCUT2D eigenvalue weighted by Crippen LogP contribution is -2.22. The van der Waals surface area contributed by atoms with Crippen molar-refractivity contribution >= 4 is 17.4 Å². The summed E-state index contributed by atoms with van der Waals surface area (Å²) in [5.41, 5.74) is 0.596. The number of halogens is 1. The Hall–Kier alpha value is -0.870. The molecule has 1 aromatic heterocycles. The molecule has 2 rings (SSSR count). The van der Waals surface area contributed by atoms with E-state index in [9.17, 15) is 4.79 Å². The van der Waals surface area contributed by atoms with Gasteiger partial charge in [-0.1, -0.05) is 43.7 Å². The van der Waals surface area contributed by atoms with E-state index in [1.54, 1.807) is 10.9 Å². The van der Waals surface area contributed by atoms with Crippen LogP contribution in [0.25, 0.3) is 0 Å². The second kappa shape index (κ2) is 7.23. The van der Waals surface area contributed by atoms with E-state index in [2.05, 4.69) is 10.00 Å². The van der Waals surface area contributed by atoms with Crippen LogP contribution in [0.5, 0.6) is 0 Å². The number of ketones is 1. The number of carbonyl (C=O) groups is 1. The first kappa shape index (κ1) is 15.5. The molecule has 0 radical (unpaired) electrons. The number of Topliss-reactive ketones (excluding diaryl/α,β-unsaturated/α-hetero) is 1. The third-order valence-electron chi connectivity index (χ3n) is 4.02. The molecule has 0 amide bonds. The van der Waals surface area contributed by atoms with E-state index < -0.39 is 0 Å². The lowest BCUT2D eigenvalue weighted by atomic mass is 9.85. The van der Waals surface area contributed by atoms with E-state index in [0.717, 1.165) is 6.54 Å². The molecule has 1 fully saturated rings. The summed E-state index contributed by atoms with van der Waals surface area (Å²) in [7, 11) is 4.02. The first-order valence-electron chi connectivity index (χ1n) is 7.47. The normalized spacial score (nSPS) is 16.8. The fourth-order valence-corrected chi connectivity index (χ4v) is 3.10. The van der Waals surface area contributed by atoms with Crippen molar-refractivity contribution < 1.29 is 4.79 Å². The fourth-order valence-electron chi connectivity index (χ4n) is 2.85. The van der Waals surface area contributed by atoms with Gasteiger partial charge >= 0.3 is 0 Å². The van der Waals surface area contributed by atoms with E-state index in [-0.39, 0.29) is 5.78 Å². The third-order valence-corrected chi connectivity index (χ3v) is 4.29. The molecule has 0 atom stereocenters. The van der Waals surface area contributed by atoms with E-state index >= 15 is 0 Å². The van der Waals surface area contributed by atoms with Crippen LogP contribution in [0.15, 0.2) is 6.20 Å². The SMILES string of the molecule is CN(C)CCn1ncc(Cl)c1C(=O)CC1CCCCC1. The first-order chi connectivity index (χ1) is 9.58. The van der Waals surface area contributed by atoms with Crippen molar-refractivity contribution in [3.05, 3.63) is 16.9 Å². The van der Waals surface area contributed by atoms with Crippen LogP contribution in [0.1, 0.15) is 49.0 Å². The van der Waals surface area contributed by atoms with Gasteiger partial charge in [0.1, 0.15) is 5.69 Å². The quantitative estimate of drug-likeness (QED) is 0.757. The summed E-state index contributed by atoms with van der Waals surface area (Å²) in [4.78, 5) is 14.6. The van der Waals surface area contributed by atoms with Crippen LogP contribution < -0.4 is 0 Å². The molecule has 1 saturated carbocycles. The highest BCUT2D eigenvalue weighted by molar-refractivity contribution is 6.33. The lowest BCUT2D eigenvalue weighted by molar-refractivity contribution is 0.0939. The van der Waals surface area contributed by atoms with Crippen LogP contribution >= 0.6 is 11.6 Å². The standard InChI is InChI=1S/C15H24ClN3O/c1-18(2)8-9-19-15(13(16)11-17-19)14(20)10-12-6-4-3-5-7-12/h11-12H,3-10H2,1-2H3. The fraction of sp³-hybridized carbons (Fsp3) is 0.733. The Morgan fingerprint density at radius 3 is 2.75 bits per heavy atom. The summed E-state index contributed by atoms with van der Waals surface area (Å²) in [5, 5.41) is 4.73. The number of hydrogen-bond acceptors (Lipinski definition) is 3. The molecule has 5 heteroatoms. The van der Waals surface area contributed by atoms with Gasteiger partial charge in [0.05, 0.1) is 17.8 Å². The van der Waals surface area contributed by atoms with E-state index in [4.69, 9.17) is 11.6 Å². The predicted octanol–water partition coefficient (Wildman–Crippen LogP) is 3.25. The highest BCUT2D eigenvalue weighted by Crippen LogP contribution is 2.28. The van der Waals surface area contributed by atoms with Gasteiger partial charge in [0.15, 0.2) is 5.78 Å². The van der Waals surface area contributed by atoms with E-state index in [0.29, 0.717) is 29.6 Å². The molecule has 1 heterocycles. The number of likely N-dealkylation sites (N-methyl/N-ethyl adjacent to an activating group) is 1. The third kappa shape index (κ3) is 4.06. The Labute approximate surface area is 126 Å². The molecule has 0 spiro atoms. The number of hydrogen-bond donors (Lipinski definition) is 0. The van der Waals surface area contributed by atoms with Gasteiger partial charge in [-0.15, -0.1) is 0 Å². The number of nitrogens with zero attached hydrogens (tertiary/aromatic N) is 3. The zero-order valence-electron chi connectivity index (χ0n) is 12.4. The zero-order chi connectivity index (χ0) is 14.5. The maximum absolute atomic E-state index is 12.5. The maximum atomic E-state index is 12.5. The molecule has 0 aromatic carbocycles. The Morgan fingerprint density at radius 2 is 2.10 bits per heavy atom. The van der Waals surface area contributed by atoms with Crippen LogP contribution in [0.2, 0.25) is 5.02 Å². The van der Waals surface area contributed by atoms with Crippen molar-refractivity contribution in [3.8, 4) is 0 Å². The minimum absolute atomic E-state index is 0.151. The van der Waals surface area contributed by atoms with Crippen LogP contribution in [-0.4, -0.2) is 41.1 Å². The summed E-state index contributed by atoms with van der Waals surface area (Å²) >= 11 is 6.16. The molecule has 0 saturated heterocycles. The van der Waals surface area contributed by atoms with Crippen molar-refractivity contribution in [2.24, 2.45) is 5.92 Å². The van der Waals surface area contributed by atoms with Crippen molar-refractivity contribution in [1.29, 1.82) is 0 Å². The maximum Gasteiger partial charge on any atom is 0.182 e. The molecule has 0 N–H and O–H groups in total. The average molecular weight is 298 g/mol. The van der Waals surface area contributed by atoms with Gasteiger partial charge < -0.3 is 4.90 Å². The number of aromatic nitrogens is 2. The van der Waals surface area contributed by atoms with Gasteiger partial charge in [0, 0.05) is 13.0 Å². The summed E-state index contributed by atoms with van der Waals surface area (Å²) in [5.74, 6) is 0.683. The molecule has 0 unspecified atom stereocenters. The van der Waals surface area contributed by atoms with E-state index in [1.807, 2.05) is 14.1 Å². The molecular formula is C15H24ClN3O. The van der Waals surface area contributed by atoms with Crippen molar-refractivity contribution in [3.63, 3.8) is 0 Å². The second-order valence-electron chi connectivity index (χ2n) is 6.00. The molecule has 1 aliphatic carbocycles. The minimum atomic E-state index is 0.151. The topological polar surface area (TPSA) is 38.1 Å². The summed E-state index contributed by atoms with van der Waals surface area (Å²) < 4.78 is 1.76. The van der Waals surface area contributed by atoms with Crippen molar-refractivity contribution in [2.45, 2.75) is 45.1 Å². The van der Waals surface area contributed by atoms with E-state index in [1.165, 1.54) is 32.1 Å². The molecule has 1 aromatic rings. The van der Waals surface area contributed by atoms with Crippen LogP contribution in [0, 0.1) is 5.92 Å². The van der Waals surface area contributed by atoms with Crippen LogP contribution in [0.3, 0.4) is 0 Å². The highest BCUT2D eigenvalue weighted by Gasteiger charge is 2.22. The number of rotatable bonds is 6. The zero-order valence-corrected chi connectivity index (χ0v) is 13.2. The van der Waals surface area contributed by atoms with Gasteiger partial charge in [-0.2, -0.15) is 5.10 Å². The largest absolute Gasteiger partial charge is 0.308 e. The highest BCUT2D eigenvalue weighted by atomic mass is 35.5. The molecule has 4 nitrogen and oxygen atoms in total. The minimum Gasteiger partial charge on any atom is -0.308 e. The van der Waals surface area contributed by atoms with Gasteiger partial charge in [0.2, 0.25) is 0 Å². The first-order valence-corrected chi connectivity index (χ1v) is 7.85. The van der Waals surface area contributed by atoms with Gasteiger partial charge in [-0.05, 0) is 20.0 Å².